The number of benzene rings is 1. The van der Waals surface area contributed by atoms with Crippen molar-refractivity contribution in [2.75, 3.05) is 5.88 Å². The van der Waals surface area contributed by atoms with E-state index in [2.05, 4.69) is 25.3 Å². The molecule has 1 heterocycles. The average Bonchev–Trinajstić information content (AvgIpc) is 2.77. The van der Waals surface area contributed by atoms with Gasteiger partial charge in [-0.1, -0.05) is 38.3 Å². The van der Waals surface area contributed by atoms with E-state index in [1.807, 2.05) is 18.2 Å². The van der Waals surface area contributed by atoms with Gasteiger partial charge in [-0.15, -0.1) is 11.6 Å². The van der Waals surface area contributed by atoms with E-state index in [1.165, 1.54) is 0 Å². The lowest BCUT2D eigenvalue weighted by molar-refractivity contribution is 0.333. The maximum Gasteiger partial charge on any atom is 0.111 e. The minimum Gasteiger partial charge on any atom is -0.325 e. The summed E-state index contributed by atoms with van der Waals surface area (Å²) in [6.45, 7) is 6.77. The number of hydrogen-bond donors (Lipinski definition) is 0. The van der Waals surface area contributed by atoms with Crippen LogP contribution in [0, 0.1) is 5.92 Å². The second-order valence-electron chi connectivity index (χ2n) is 5.29. The van der Waals surface area contributed by atoms with Gasteiger partial charge in [-0.25, -0.2) is 4.98 Å². The molecule has 1 aromatic carbocycles. The Hall–Kier alpha value is -0.730. The molecular formula is C16H22Cl2N2. The van der Waals surface area contributed by atoms with Crippen LogP contribution < -0.4 is 0 Å². The summed E-state index contributed by atoms with van der Waals surface area (Å²) in [7, 11) is 0. The number of rotatable bonds is 6. The summed E-state index contributed by atoms with van der Waals surface area (Å²) in [5, 5.41) is 0.757. The summed E-state index contributed by atoms with van der Waals surface area (Å²) in [6.07, 6.45) is 3.12. The van der Waals surface area contributed by atoms with Crippen LogP contribution in [0.3, 0.4) is 0 Å². The van der Waals surface area contributed by atoms with Crippen LogP contribution in [-0.4, -0.2) is 15.4 Å². The summed E-state index contributed by atoms with van der Waals surface area (Å²) in [6, 6.07) is 6.31. The number of halogens is 2. The monoisotopic (exact) mass is 312 g/mol. The van der Waals surface area contributed by atoms with Crippen molar-refractivity contribution < 1.29 is 0 Å². The highest BCUT2D eigenvalue weighted by Crippen LogP contribution is 2.31. The summed E-state index contributed by atoms with van der Waals surface area (Å²) >= 11 is 12.1. The first-order valence-corrected chi connectivity index (χ1v) is 8.25. The third-order valence-corrected chi connectivity index (χ3v) is 4.61. The summed E-state index contributed by atoms with van der Waals surface area (Å²) in [5.41, 5.74) is 2.13. The second-order valence-corrected chi connectivity index (χ2v) is 6.10. The smallest absolute Gasteiger partial charge is 0.111 e. The lowest BCUT2D eigenvalue weighted by Gasteiger charge is -2.25. The molecule has 0 saturated carbocycles. The Morgan fingerprint density at radius 2 is 1.95 bits per heavy atom. The van der Waals surface area contributed by atoms with Crippen LogP contribution in [0.5, 0.6) is 0 Å². The van der Waals surface area contributed by atoms with Crippen LogP contribution in [0.25, 0.3) is 11.0 Å². The lowest BCUT2D eigenvalue weighted by Crippen LogP contribution is -2.18. The van der Waals surface area contributed by atoms with Gasteiger partial charge in [-0.2, -0.15) is 0 Å². The highest BCUT2D eigenvalue weighted by Gasteiger charge is 2.21. The average molecular weight is 313 g/mol. The highest BCUT2D eigenvalue weighted by molar-refractivity contribution is 6.31. The Labute approximate surface area is 131 Å². The molecule has 2 rings (SSSR count). The topological polar surface area (TPSA) is 17.8 Å². The molecule has 0 radical (unpaired) electrons. The van der Waals surface area contributed by atoms with Crippen LogP contribution in [0.1, 0.15) is 45.5 Å². The molecule has 110 valence electrons. The highest BCUT2D eigenvalue weighted by atomic mass is 35.5. The number of aryl methyl sites for hydroxylation is 1. The normalized spacial score (nSPS) is 13.3. The van der Waals surface area contributed by atoms with Gasteiger partial charge in [0.15, 0.2) is 0 Å². The standard InChI is InChI=1S/C16H22Cl2N2/c1-4-12(5-2)11(3)20-15-10-13(18)6-7-14(15)19-16(20)8-9-17/h6-7,10-12H,4-5,8-9H2,1-3H3. The van der Waals surface area contributed by atoms with Gasteiger partial charge in [0.05, 0.1) is 11.0 Å². The molecule has 0 fully saturated rings. The van der Waals surface area contributed by atoms with Crippen LogP contribution in [0.4, 0.5) is 0 Å². The number of aromatic nitrogens is 2. The van der Waals surface area contributed by atoms with Gasteiger partial charge in [-0.3, -0.25) is 0 Å². The largest absolute Gasteiger partial charge is 0.325 e. The molecular weight excluding hydrogens is 291 g/mol. The summed E-state index contributed by atoms with van der Waals surface area (Å²) < 4.78 is 2.33. The van der Waals surface area contributed by atoms with E-state index in [4.69, 9.17) is 28.2 Å². The minimum absolute atomic E-state index is 0.409. The number of nitrogens with zero attached hydrogens (tertiary/aromatic N) is 2. The van der Waals surface area contributed by atoms with Gasteiger partial charge < -0.3 is 4.57 Å². The zero-order valence-corrected chi connectivity index (χ0v) is 13.9. The Kier molecular flexibility index (Phi) is 5.34. The molecule has 0 aliphatic heterocycles. The molecule has 20 heavy (non-hydrogen) atoms. The van der Waals surface area contributed by atoms with Gasteiger partial charge in [-0.05, 0) is 31.0 Å². The Morgan fingerprint density at radius 1 is 1.25 bits per heavy atom. The van der Waals surface area contributed by atoms with E-state index in [-0.39, 0.29) is 0 Å². The first-order chi connectivity index (χ1) is 9.62. The van der Waals surface area contributed by atoms with Crippen molar-refractivity contribution in [2.45, 2.75) is 46.1 Å². The van der Waals surface area contributed by atoms with Gasteiger partial charge in [0.1, 0.15) is 5.82 Å². The summed E-state index contributed by atoms with van der Waals surface area (Å²) in [5.74, 6) is 2.30. The maximum absolute atomic E-state index is 6.16. The predicted molar refractivity (Wildman–Crippen MR) is 88.0 cm³/mol. The molecule has 0 saturated heterocycles. The first-order valence-electron chi connectivity index (χ1n) is 7.34. The van der Waals surface area contributed by atoms with Crippen LogP contribution in [0.15, 0.2) is 18.2 Å². The van der Waals surface area contributed by atoms with Crippen LogP contribution >= 0.6 is 23.2 Å². The second kappa shape index (κ2) is 6.82. The molecule has 0 amide bonds. The molecule has 4 heteroatoms. The van der Waals surface area contributed by atoms with Crippen molar-refractivity contribution in [1.29, 1.82) is 0 Å². The fourth-order valence-electron chi connectivity index (χ4n) is 3.01. The third kappa shape index (κ3) is 2.96. The van der Waals surface area contributed by atoms with E-state index < -0.39 is 0 Å². The molecule has 1 aromatic heterocycles. The van der Waals surface area contributed by atoms with Gasteiger partial charge in [0.25, 0.3) is 0 Å². The third-order valence-electron chi connectivity index (χ3n) is 4.18. The Balaban J connectivity index is 2.57. The molecule has 0 bridgehead atoms. The quantitative estimate of drug-likeness (QED) is 0.647. The fourth-order valence-corrected chi connectivity index (χ4v) is 3.35. The SMILES string of the molecule is CCC(CC)C(C)n1c(CCCl)nc2ccc(Cl)cc21. The van der Waals surface area contributed by atoms with Crippen molar-refractivity contribution in [2.24, 2.45) is 5.92 Å². The molecule has 0 spiro atoms. The molecule has 2 nitrogen and oxygen atoms in total. The van der Waals surface area contributed by atoms with E-state index in [0.29, 0.717) is 17.8 Å². The number of imidazole rings is 1. The zero-order chi connectivity index (χ0) is 14.7. The van der Waals surface area contributed by atoms with Gasteiger partial charge >= 0.3 is 0 Å². The fraction of sp³-hybridized carbons (Fsp3) is 0.562. The Morgan fingerprint density at radius 3 is 2.55 bits per heavy atom. The van der Waals surface area contributed by atoms with Crippen molar-refractivity contribution in [3.8, 4) is 0 Å². The lowest BCUT2D eigenvalue weighted by atomic mass is 9.95. The van der Waals surface area contributed by atoms with E-state index in [1.54, 1.807) is 0 Å². The van der Waals surface area contributed by atoms with Gasteiger partial charge in [0.2, 0.25) is 0 Å². The summed E-state index contributed by atoms with van der Waals surface area (Å²) in [4.78, 5) is 4.74. The van der Waals surface area contributed by atoms with E-state index in [9.17, 15) is 0 Å². The number of hydrogen-bond acceptors (Lipinski definition) is 1. The molecule has 2 aromatic rings. The molecule has 1 unspecified atom stereocenters. The van der Waals surface area contributed by atoms with Gasteiger partial charge in [0, 0.05) is 23.4 Å². The molecule has 0 aliphatic rings. The maximum atomic E-state index is 6.16. The Bertz CT molecular complexity index is 573. The van der Waals surface area contributed by atoms with Crippen LogP contribution in [-0.2, 0) is 6.42 Å². The molecule has 0 aliphatic carbocycles. The molecule has 0 N–H and O–H groups in total. The van der Waals surface area contributed by atoms with E-state index >= 15 is 0 Å². The predicted octanol–water partition coefficient (Wildman–Crippen LogP) is 5.47. The minimum atomic E-state index is 0.409. The number of alkyl halides is 1. The first kappa shape index (κ1) is 15.7. The van der Waals surface area contributed by atoms with E-state index in [0.717, 1.165) is 41.1 Å². The van der Waals surface area contributed by atoms with Crippen LogP contribution in [0.2, 0.25) is 5.02 Å². The molecule has 1 atom stereocenters. The zero-order valence-electron chi connectivity index (χ0n) is 12.4. The number of fused-ring (bicyclic) bond motifs is 1. The van der Waals surface area contributed by atoms with Crippen molar-refractivity contribution in [3.05, 3.63) is 29.0 Å². The van der Waals surface area contributed by atoms with Crippen molar-refractivity contribution in [3.63, 3.8) is 0 Å². The van der Waals surface area contributed by atoms with Crippen molar-refractivity contribution in [1.82, 2.24) is 9.55 Å². The van der Waals surface area contributed by atoms with Crippen molar-refractivity contribution >= 4 is 34.2 Å².